The van der Waals surface area contributed by atoms with Crippen LogP contribution in [0, 0.1) is 5.92 Å². The van der Waals surface area contributed by atoms with E-state index < -0.39 is 0 Å². The molecule has 0 aromatic carbocycles. The molecule has 2 aliphatic rings. The fourth-order valence-corrected chi connectivity index (χ4v) is 3.25. The molecule has 110 valence electrons. The van der Waals surface area contributed by atoms with Gasteiger partial charge >= 0.3 is 0 Å². The van der Waals surface area contributed by atoms with Crippen molar-refractivity contribution in [3.05, 3.63) is 0 Å². The summed E-state index contributed by atoms with van der Waals surface area (Å²) in [6.45, 7) is 3.97. The maximum atomic E-state index is 12.2. The lowest BCUT2D eigenvalue weighted by Crippen LogP contribution is -2.51. The Hall–Kier alpha value is -0.610. The third kappa shape index (κ3) is 4.46. The van der Waals surface area contributed by atoms with E-state index in [1.807, 2.05) is 11.9 Å². The van der Waals surface area contributed by atoms with Gasteiger partial charge in [0.25, 0.3) is 0 Å². The summed E-state index contributed by atoms with van der Waals surface area (Å²) in [5, 5.41) is 3.37. The molecule has 2 rings (SSSR count). The second-order valence-electron chi connectivity index (χ2n) is 6.30. The normalized spacial score (nSPS) is 25.7. The predicted octanol–water partition coefficient (Wildman–Crippen LogP) is 1.32. The molecule has 0 bridgehead atoms. The van der Waals surface area contributed by atoms with Crippen LogP contribution >= 0.6 is 0 Å². The first-order valence-electron chi connectivity index (χ1n) is 7.81. The number of likely N-dealkylation sites (N-methyl/N-ethyl adjacent to an activating group) is 1. The lowest BCUT2D eigenvalue weighted by Gasteiger charge is -2.33. The highest BCUT2D eigenvalue weighted by Gasteiger charge is 2.23. The highest BCUT2D eigenvalue weighted by molar-refractivity contribution is 5.76. The number of nitrogens with zero attached hydrogens (tertiary/aromatic N) is 2. The number of piperazine rings is 1. The molecule has 0 aromatic rings. The smallest absolute Gasteiger partial charge is 0.223 e. The number of amides is 1. The Morgan fingerprint density at radius 1 is 1.37 bits per heavy atom. The van der Waals surface area contributed by atoms with E-state index in [1.54, 1.807) is 0 Å². The SMILES string of the molecule is CN(CCC1CCCC1)C(=O)CC1CNCCN1C. The summed E-state index contributed by atoms with van der Waals surface area (Å²) in [5.41, 5.74) is 0. The van der Waals surface area contributed by atoms with Crippen LogP contribution in [-0.2, 0) is 4.79 Å². The molecule has 1 aliphatic heterocycles. The van der Waals surface area contributed by atoms with Crippen LogP contribution in [-0.4, -0.2) is 62.0 Å². The predicted molar refractivity (Wildman–Crippen MR) is 78.1 cm³/mol. The zero-order valence-corrected chi connectivity index (χ0v) is 12.5. The van der Waals surface area contributed by atoms with Gasteiger partial charge in [-0.3, -0.25) is 4.79 Å². The summed E-state index contributed by atoms with van der Waals surface area (Å²) in [6, 6.07) is 0.371. The first-order valence-corrected chi connectivity index (χ1v) is 7.81. The number of carbonyl (C=O) groups excluding carboxylic acids is 1. The molecule has 1 amide bonds. The standard InChI is InChI=1S/C15H29N3O/c1-17-10-8-16-12-14(17)11-15(19)18(2)9-7-13-5-3-4-6-13/h13-14,16H,3-12H2,1-2H3. The minimum atomic E-state index is 0.304. The van der Waals surface area contributed by atoms with Gasteiger partial charge in [0.05, 0.1) is 0 Å². The maximum Gasteiger partial charge on any atom is 0.223 e. The summed E-state index contributed by atoms with van der Waals surface area (Å²) in [7, 11) is 4.09. The summed E-state index contributed by atoms with van der Waals surface area (Å²) in [5.74, 6) is 1.17. The van der Waals surface area contributed by atoms with E-state index in [2.05, 4.69) is 17.3 Å². The number of rotatable bonds is 5. The molecule has 1 saturated heterocycles. The topological polar surface area (TPSA) is 35.6 Å². The van der Waals surface area contributed by atoms with Crippen LogP contribution in [0.2, 0.25) is 0 Å². The first kappa shape index (κ1) is 14.8. The summed E-state index contributed by atoms with van der Waals surface area (Å²) in [4.78, 5) is 16.5. The van der Waals surface area contributed by atoms with Gasteiger partial charge in [0, 0.05) is 45.7 Å². The fourth-order valence-electron chi connectivity index (χ4n) is 3.25. The molecular weight excluding hydrogens is 238 g/mol. The van der Waals surface area contributed by atoms with Gasteiger partial charge in [-0.25, -0.2) is 0 Å². The van der Waals surface area contributed by atoms with Gasteiger partial charge in [-0.2, -0.15) is 0 Å². The van der Waals surface area contributed by atoms with Crippen molar-refractivity contribution in [1.29, 1.82) is 0 Å². The zero-order valence-electron chi connectivity index (χ0n) is 12.5. The lowest BCUT2D eigenvalue weighted by atomic mass is 10.0. The number of hydrogen-bond acceptors (Lipinski definition) is 3. The van der Waals surface area contributed by atoms with Crippen LogP contribution < -0.4 is 5.32 Å². The van der Waals surface area contributed by atoms with Gasteiger partial charge in [0.15, 0.2) is 0 Å². The zero-order chi connectivity index (χ0) is 13.7. The van der Waals surface area contributed by atoms with Crippen molar-refractivity contribution in [3.63, 3.8) is 0 Å². The van der Waals surface area contributed by atoms with Gasteiger partial charge in [0.1, 0.15) is 0 Å². The highest BCUT2D eigenvalue weighted by atomic mass is 16.2. The summed E-state index contributed by atoms with van der Waals surface area (Å²) in [6.07, 6.45) is 7.38. The third-order valence-corrected chi connectivity index (χ3v) is 4.83. The molecule has 2 fully saturated rings. The van der Waals surface area contributed by atoms with E-state index in [4.69, 9.17) is 0 Å². The molecule has 0 radical (unpaired) electrons. The quantitative estimate of drug-likeness (QED) is 0.816. The minimum absolute atomic E-state index is 0.304. The largest absolute Gasteiger partial charge is 0.346 e. The van der Waals surface area contributed by atoms with Gasteiger partial charge in [0.2, 0.25) is 5.91 Å². The van der Waals surface area contributed by atoms with E-state index in [-0.39, 0.29) is 0 Å². The third-order valence-electron chi connectivity index (χ3n) is 4.83. The Balaban J connectivity index is 1.68. The lowest BCUT2D eigenvalue weighted by molar-refractivity contribution is -0.131. The van der Waals surface area contributed by atoms with Crippen molar-refractivity contribution in [3.8, 4) is 0 Å². The maximum absolute atomic E-state index is 12.2. The highest BCUT2D eigenvalue weighted by Crippen LogP contribution is 2.27. The Morgan fingerprint density at radius 2 is 2.11 bits per heavy atom. The molecule has 19 heavy (non-hydrogen) atoms. The van der Waals surface area contributed by atoms with Crippen molar-refractivity contribution in [2.24, 2.45) is 5.92 Å². The van der Waals surface area contributed by atoms with Crippen LogP contribution in [0.1, 0.15) is 38.5 Å². The molecule has 1 N–H and O–H groups in total. The molecule has 4 heteroatoms. The number of nitrogens with one attached hydrogen (secondary N) is 1. The van der Waals surface area contributed by atoms with E-state index in [0.29, 0.717) is 18.4 Å². The van der Waals surface area contributed by atoms with Gasteiger partial charge in [-0.1, -0.05) is 25.7 Å². The van der Waals surface area contributed by atoms with Crippen LogP contribution in [0.15, 0.2) is 0 Å². The second-order valence-corrected chi connectivity index (χ2v) is 6.30. The molecule has 0 aromatic heterocycles. The Bertz CT molecular complexity index is 289. The monoisotopic (exact) mass is 267 g/mol. The number of hydrogen-bond donors (Lipinski definition) is 1. The van der Waals surface area contributed by atoms with Crippen molar-refractivity contribution >= 4 is 5.91 Å². The second kappa shape index (κ2) is 7.25. The van der Waals surface area contributed by atoms with Gasteiger partial charge < -0.3 is 15.1 Å². The molecule has 1 aliphatic carbocycles. The van der Waals surface area contributed by atoms with Crippen molar-refractivity contribution in [2.45, 2.75) is 44.6 Å². The Labute approximate surface area is 117 Å². The molecule has 4 nitrogen and oxygen atoms in total. The van der Waals surface area contributed by atoms with Gasteiger partial charge in [-0.15, -0.1) is 0 Å². The van der Waals surface area contributed by atoms with Crippen molar-refractivity contribution in [1.82, 2.24) is 15.1 Å². The number of carbonyl (C=O) groups is 1. The summed E-state index contributed by atoms with van der Waals surface area (Å²) < 4.78 is 0. The first-order chi connectivity index (χ1) is 9.16. The molecule has 0 spiro atoms. The average molecular weight is 267 g/mol. The van der Waals surface area contributed by atoms with Crippen LogP contribution in [0.25, 0.3) is 0 Å². The van der Waals surface area contributed by atoms with E-state index in [9.17, 15) is 4.79 Å². The Kier molecular flexibility index (Phi) is 5.64. The molecule has 1 saturated carbocycles. The summed E-state index contributed by atoms with van der Waals surface area (Å²) >= 11 is 0. The molecule has 1 atom stereocenters. The average Bonchev–Trinajstić information content (AvgIpc) is 2.91. The van der Waals surface area contributed by atoms with Crippen LogP contribution in [0.4, 0.5) is 0 Å². The Morgan fingerprint density at radius 3 is 2.79 bits per heavy atom. The van der Waals surface area contributed by atoms with E-state index in [0.717, 1.165) is 32.1 Å². The van der Waals surface area contributed by atoms with Gasteiger partial charge in [-0.05, 0) is 19.4 Å². The van der Waals surface area contributed by atoms with Crippen molar-refractivity contribution in [2.75, 3.05) is 40.3 Å². The van der Waals surface area contributed by atoms with E-state index in [1.165, 1.54) is 32.1 Å². The minimum Gasteiger partial charge on any atom is -0.346 e. The van der Waals surface area contributed by atoms with Crippen LogP contribution in [0.3, 0.4) is 0 Å². The fraction of sp³-hybridized carbons (Fsp3) is 0.933. The molecule has 1 heterocycles. The molecule has 1 unspecified atom stereocenters. The van der Waals surface area contributed by atoms with Crippen LogP contribution in [0.5, 0.6) is 0 Å². The molecular formula is C15H29N3O. The van der Waals surface area contributed by atoms with E-state index >= 15 is 0 Å². The van der Waals surface area contributed by atoms with Crippen molar-refractivity contribution < 1.29 is 4.79 Å².